The maximum atomic E-state index is 9.01. The number of nitrogens with zero attached hydrogens (tertiary/aromatic N) is 1. The van der Waals surface area contributed by atoms with Gasteiger partial charge in [-0.25, -0.2) is 0 Å². The van der Waals surface area contributed by atoms with Crippen molar-refractivity contribution >= 4 is 27.5 Å². The highest BCUT2D eigenvalue weighted by Crippen LogP contribution is 2.25. The van der Waals surface area contributed by atoms with Gasteiger partial charge >= 0.3 is 0 Å². The third-order valence-electron chi connectivity index (χ3n) is 1.68. The van der Waals surface area contributed by atoms with E-state index in [1.165, 1.54) is 0 Å². The maximum absolute atomic E-state index is 9.01. The molecule has 0 unspecified atom stereocenters. The Bertz CT molecular complexity index is 317. The van der Waals surface area contributed by atoms with Gasteiger partial charge in [0.25, 0.3) is 0 Å². The normalized spacial score (nSPS) is 15.5. The molecule has 0 aliphatic rings. The second-order valence-electron chi connectivity index (χ2n) is 3.06. The molecule has 3 nitrogen and oxygen atoms in total. The van der Waals surface area contributed by atoms with Crippen LogP contribution in [0.5, 0.6) is 0 Å². The first-order chi connectivity index (χ1) is 5.97. The quantitative estimate of drug-likeness (QED) is 0.855. The average molecular weight is 266 g/mol. The van der Waals surface area contributed by atoms with E-state index >= 15 is 0 Å². The summed E-state index contributed by atoms with van der Waals surface area (Å²) in [6.45, 7) is 1.48. The summed E-state index contributed by atoms with van der Waals surface area (Å²) in [7, 11) is 0. The first-order valence-corrected chi connectivity index (χ1v) is 4.86. The summed E-state index contributed by atoms with van der Waals surface area (Å²) < 4.78 is 0.787. The number of hydrogen-bond acceptors (Lipinski definition) is 3. The smallest absolute Gasteiger partial charge is 0.0809 e. The van der Waals surface area contributed by atoms with Gasteiger partial charge in [0.15, 0.2) is 0 Å². The van der Waals surface area contributed by atoms with Crippen LogP contribution in [0.2, 0.25) is 5.02 Å². The van der Waals surface area contributed by atoms with Gasteiger partial charge in [-0.1, -0.05) is 11.6 Å². The van der Waals surface area contributed by atoms with Crippen molar-refractivity contribution in [1.29, 1.82) is 0 Å². The number of rotatable bonds is 2. The number of aliphatic hydroxyl groups is 1. The molecular weight excluding hydrogens is 255 g/mol. The third kappa shape index (κ3) is 2.40. The zero-order valence-corrected chi connectivity index (χ0v) is 9.43. The average Bonchev–Trinajstić information content (AvgIpc) is 2.03. The molecule has 3 N–H and O–H groups in total. The molecule has 1 aromatic heterocycles. The van der Waals surface area contributed by atoms with E-state index in [0.29, 0.717) is 10.7 Å². The van der Waals surface area contributed by atoms with Gasteiger partial charge in [-0.2, -0.15) is 0 Å². The van der Waals surface area contributed by atoms with Crippen LogP contribution in [-0.4, -0.2) is 16.7 Å². The fourth-order valence-corrected chi connectivity index (χ4v) is 1.76. The molecule has 0 spiro atoms. The monoisotopic (exact) mass is 264 g/mol. The number of aliphatic hydroxyl groups excluding tert-OH is 1. The molecule has 1 heterocycles. The molecule has 0 aliphatic carbocycles. The number of hydrogen-bond donors (Lipinski definition) is 2. The SMILES string of the molecule is C[C@@](N)(CO)c1ncc(Br)cc1Cl. The maximum Gasteiger partial charge on any atom is 0.0809 e. The molecule has 0 radical (unpaired) electrons. The topological polar surface area (TPSA) is 59.1 Å². The molecule has 0 fully saturated rings. The molecule has 1 rings (SSSR count). The molecule has 72 valence electrons. The zero-order chi connectivity index (χ0) is 10.1. The molecule has 13 heavy (non-hydrogen) atoms. The highest BCUT2D eigenvalue weighted by atomic mass is 79.9. The summed E-state index contributed by atoms with van der Waals surface area (Å²) in [5.74, 6) is 0. The van der Waals surface area contributed by atoms with Crippen LogP contribution in [-0.2, 0) is 5.54 Å². The van der Waals surface area contributed by atoms with Crippen molar-refractivity contribution in [3.63, 3.8) is 0 Å². The Hall–Kier alpha value is -0.160. The number of nitrogens with two attached hydrogens (primary N) is 1. The van der Waals surface area contributed by atoms with E-state index in [2.05, 4.69) is 20.9 Å². The van der Waals surface area contributed by atoms with Crippen molar-refractivity contribution in [2.24, 2.45) is 5.73 Å². The number of halogens is 2. The Balaban J connectivity index is 3.16. The van der Waals surface area contributed by atoms with E-state index in [4.69, 9.17) is 22.4 Å². The van der Waals surface area contributed by atoms with Crippen molar-refractivity contribution in [2.45, 2.75) is 12.5 Å². The van der Waals surface area contributed by atoms with E-state index in [1.807, 2.05) is 0 Å². The molecule has 0 saturated heterocycles. The van der Waals surface area contributed by atoms with Gasteiger partial charge in [0.2, 0.25) is 0 Å². The summed E-state index contributed by atoms with van der Waals surface area (Å²) in [6, 6.07) is 1.70. The molecule has 0 aliphatic heterocycles. The van der Waals surface area contributed by atoms with Crippen LogP contribution >= 0.6 is 27.5 Å². The minimum Gasteiger partial charge on any atom is -0.394 e. The van der Waals surface area contributed by atoms with Crippen LogP contribution in [0.3, 0.4) is 0 Å². The van der Waals surface area contributed by atoms with E-state index in [0.717, 1.165) is 4.47 Å². The van der Waals surface area contributed by atoms with E-state index in [1.54, 1.807) is 19.2 Å². The molecule has 0 amide bonds. The Kier molecular flexibility index (Phi) is 3.29. The predicted octanol–water partition coefficient (Wildman–Crippen LogP) is 1.66. The second kappa shape index (κ2) is 3.92. The molecule has 1 aromatic rings. The van der Waals surface area contributed by atoms with Crippen LogP contribution in [0.25, 0.3) is 0 Å². The van der Waals surface area contributed by atoms with Crippen LogP contribution < -0.4 is 5.73 Å². The Morgan fingerprint density at radius 3 is 2.85 bits per heavy atom. The van der Waals surface area contributed by atoms with Crippen molar-refractivity contribution in [1.82, 2.24) is 4.98 Å². The lowest BCUT2D eigenvalue weighted by Gasteiger charge is -2.21. The summed E-state index contributed by atoms with van der Waals surface area (Å²) in [6.07, 6.45) is 1.60. The van der Waals surface area contributed by atoms with Crippen LogP contribution in [0.1, 0.15) is 12.6 Å². The van der Waals surface area contributed by atoms with Crippen molar-refractivity contribution in [2.75, 3.05) is 6.61 Å². The second-order valence-corrected chi connectivity index (χ2v) is 4.38. The minimum absolute atomic E-state index is 0.193. The highest BCUT2D eigenvalue weighted by molar-refractivity contribution is 9.10. The van der Waals surface area contributed by atoms with Crippen molar-refractivity contribution < 1.29 is 5.11 Å². The Labute approximate surface area is 90.1 Å². The van der Waals surface area contributed by atoms with Gasteiger partial charge in [0.05, 0.1) is 22.9 Å². The molecule has 5 heteroatoms. The van der Waals surface area contributed by atoms with E-state index in [9.17, 15) is 0 Å². The van der Waals surface area contributed by atoms with Crippen molar-refractivity contribution in [3.05, 3.63) is 27.5 Å². The summed E-state index contributed by atoms with van der Waals surface area (Å²) >= 11 is 9.14. The van der Waals surface area contributed by atoms with Crippen molar-refractivity contribution in [3.8, 4) is 0 Å². The summed E-state index contributed by atoms with van der Waals surface area (Å²) in [5, 5.41) is 9.46. The Morgan fingerprint density at radius 2 is 2.38 bits per heavy atom. The van der Waals surface area contributed by atoms with Gasteiger partial charge in [0, 0.05) is 10.7 Å². The van der Waals surface area contributed by atoms with Gasteiger partial charge in [-0.3, -0.25) is 4.98 Å². The zero-order valence-electron chi connectivity index (χ0n) is 7.09. The lowest BCUT2D eigenvalue weighted by molar-refractivity contribution is 0.207. The first kappa shape index (κ1) is 10.9. The molecular formula is C8H10BrClN2O. The molecule has 0 bridgehead atoms. The van der Waals surface area contributed by atoms with Gasteiger partial charge in [0.1, 0.15) is 0 Å². The first-order valence-electron chi connectivity index (χ1n) is 3.68. The highest BCUT2D eigenvalue weighted by Gasteiger charge is 2.24. The lowest BCUT2D eigenvalue weighted by atomic mass is 10.00. The van der Waals surface area contributed by atoms with Crippen LogP contribution in [0.15, 0.2) is 16.7 Å². The minimum atomic E-state index is -0.891. The van der Waals surface area contributed by atoms with Crippen LogP contribution in [0, 0.1) is 0 Å². The molecule has 1 atom stereocenters. The molecule has 0 saturated carbocycles. The fourth-order valence-electron chi connectivity index (χ4n) is 0.910. The van der Waals surface area contributed by atoms with Gasteiger partial charge < -0.3 is 10.8 Å². The summed E-state index contributed by atoms with van der Waals surface area (Å²) in [5.41, 5.74) is 5.38. The fraction of sp³-hybridized carbons (Fsp3) is 0.375. The van der Waals surface area contributed by atoms with Gasteiger partial charge in [-0.15, -0.1) is 0 Å². The third-order valence-corrected chi connectivity index (χ3v) is 2.40. The van der Waals surface area contributed by atoms with Gasteiger partial charge in [-0.05, 0) is 28.9 Å². The van der Waals surface area contributed by atoms with Crippen LogP contribution in [0.4, 0.5) is 0 Å². The molecule has 0 aromatic carbocycles. The number of aromatic nitrogens is 1. The largest absolute Gasteiger partial charge is 0.394 e. The Morgan fingerprint density at radius 1 is 1.77 bits per heavy atom. The number of pyridine rings is 1. The van der Waals surface area contributed by atoms with E-state index < -0.39 is 5.54 Å². The standard InChI is InChI=1S/C8H10BrClN2O/c1-8(11,4-13)7-6(10)2-5(9)3-12-7/h2-3,13H,4,11H2,1H3/t8-/m1/s1. The van der Waals surface area contributed by atoms with E-state index in [-0.39, 0.29) is 6.61 Å². The predicted molar refractivity (Wildman–Crippen MR) is 55.6 cm³/mol. The summed E-state index contributed by atoms with van der Waals surface area (Å²) in [4.78, 5) is 4.06. The lowest BCUT2D eigenvalue weighted by Crippen LogP contribution is -2.38.